The van der Waals surface area contributed by atoms with Gasteiger partial charge in [-0.15, -0.1) is 0 Å². The van der Waals surface area contributed by atoms with Crippen molar-refractivity contribution in [3.8, 4) is 0 Å². The Labute approximate surface area is 155 Å². The molecule has 26 heavy (non-hydrogen) atoms. The van der Waals surface area contributed by atoms with Gasteiger partial charge in [0.15, 0.2) is 5.71 Å². The van der Waals surface area contributed by atoms with Gasteiger partial charge in [-0.2, -0.15) is 5.10 Å². The van der Waals surface area contributed by atoms with E-state index < -0.39 is 29.7 Å². The number of esters is 1. The molecule has 0 radical (unpaired) electrons. The van der Waals surface area contributed by atoms with Gasteiger partial charge in [0.25, 0.3) is 5.91 Å². The Bertz CT molecular complexity index is 536. The van der Waals surface area contributed by atoms with E-state index in [9.17, 15) is 19.5 Å². The molecule has 1 amide bonds. The number of hydrogen-bond donors (Lipinski definition) is 1. The van der Waals surface area contributed by atoms with Crippen molar-refractivity contribution in [2.75, 3.05) is 6.61 Å². The number of nitrogens with zero attached hydrogens (tertiary/aromatic N) is 2. The van der Waals surface area contributed by atoms with E-state index in [1.54, 1.807) is 6.92 Å². The fourth-order valence-electron chi connectivity index (χ4n) is 3.40. The highest BCUT2D eigenvalue weighted by atomic mass is 16.5. The first-order valence-corrected chi connectivity index (χ1v) is 9.53. The number of carbonyl (C=O) groups excluding carboxylic acids is 2. The van der Waals surface area contributed by atoms with Crippen LogP contribution in [0.3, 0.4) is 0 Å². The molecule has 1 N–H and O–H groups in total. The maximum absolute atomic E-state index is 12.7. The summed E-state index contributed by atoms with van der Waals surface area (Å²) in [5.74, 6) is -2.24. The van der Waals surface area contributed by atoms with Gasteiger partial charge in [-0.3, -0.25) is 9.59 Å². The third-order valence-corrected chi connectivity index (χ3v) is 4.70. The molecule has 1 saturated carbocycles. The summed E-state index contributed by atoms with van der Waals surface area (Å²) in [5, 5.41) is 15.2. The lowest BCUT2D eigenvalue weighted by atomic mass is 9.83. The molecule has 0 saturated heterocycles. The average molecular weight is 368 g/mol. The molecule has 0 bridgehead atoms. The van der Waals surface area contributed by atoms with Gasteiger partial charge in [0, 0.05) is 5.41 Å². The Hall–Kier alpha value is -1.92. The third-order valence-electron chi connectivity index (χ3n) is 4.70. The number of hydrogen-bond acceptors (Lipinski definition) is 5. The lowest BCUT2D eigenvalue weighted by molar-refractivity contribution is -0.149. The van der Waals surface area contributed by atoms with Crippen LogP contribution in [0.4, 0.5) is 0 Å². The van der Waals surface area contributed by atoms with Gasteiger partial charge in [-0.25, -0.2) is 9.80 Å². The molecule has 0 aliphatic heterocycles. The summed E-state index contributed by atoms with van der Waals surface area (Å²) in [7, 11) is 0. The Morgan fingerprint density at radius 2 is 1.77 bits per heavy atom. The molecule has 1 aliphatic rings. The van der Waals surface area contributed by atoms with E-state index in [1.165, 1.54) is 5.01 Å². The van der Waals surface area contributed by atoms with Crippen molar-refractivity contribution >= 4 is 23.6 Å². The number of ether oxygens (including phenoxy) is 1. The standard InChI is InChI=1S/C19H32N2O5/c1-5-12-19(3,4)17(18(24)25)20-21(14-10-8-7-9-11-14)15(22)13-16(23)26-6-2/h14H,5-13H2,1-4H3,(H,24,25). The molecule has 0 aromatic heterocycles. The van der Waals surface area contributed by atoms with Crippen LogP contribution < -0.4 is 0 Å². The maximum Gasteiger partial charge on any atom is 0.352 e. The van der Waals surface area contributed by atoms with Crippen molar-refractivity contribution < 1.29 is 24.2 Å². The lowest BCUT2D eigenvalue weighted by Gasteiger charge is -2.33. The molecule has 0 unspecified atom stereocenters. The quantitative estimate of drug-likeness (QED) is 0.291. The Morgan fingerprint density at radius 3 is 2.27 bits per heavy atom. The molecule has 1 fully saturated rings. The van der Waals surface area contributed by atoms with Gasteiger partial charge in [0.1, 0.15) is 6.42 Å². The van der Waals surface area contributed by atoms with Crippen LogP contribution in [0.15, 0.2) is 5.10 Å². The molecule has 148 valence electrons. The van der Waals surface area contributed by atoms with Crippen LogP contribution >= 0.6 is 0 Å². The van der Waals surface area contributed by atoms with Crippen molar-refractivity contribution in [3.63, 3.8) is 0 Å². The molecule has 1 aliphatic carbocycles. The van der Waals surface area contributed by atoms with Crippen LogP contribution in [-0.2, 0) is 19.1 Å². The van der Waals surface area contributed by atoms with Crippen molar-refractivity contribution in [3.05, 3.63) is 0 Å². The SMILES string of the molecule is CCCC(C)(C)C(=NN(C(=O)CC(=O)OCC)C1CCCCC1)C(=O)O. The number of aliphatic carboxylic acids is 1. The highest BCUT2D eigenvalue weighted by Crippen LogP contribution is 2.28. The number of amides is 1. The third kappa shape index (κ3) is 6.42. The lowest BCUT2D eigenvalue weighted by Crippen LogP contribution is -2.42. The van der Waals surface area contributed by atoms with Gasteiger partial charge in [0.2, 0.25) is 0 Å². The number of carboxylic acid groups (broad SMARTS) is 1. The summed E-state index contributed by atoms with van der Waals surface area (Å²) in [6, 6.07) is -0.169. The molecule has 0 spiro atoms. The van der Waals surface area contributed by atoms with Crippen molar-refractivity contribution in [2.24, 2.45) is 10.5 Å². The van der Waals surface area contributed by atoms with E-state index in [0.717, 1.165) is 38.5 Å². The van der Waals surface area contributed by atoms with E-state index >= 15 is 0 Å². The zero-order valence-electron chi connectivity index (χ0n) is 16.4. The molecule has 7 nitrogen and oxygen atoms in total. The monoisotopic (exact) mass is 368 g/mol. The van der Waals surface area contributed by atoms with Crippen LogP contribution in [0.1, 0.15) is 79.1 Å². The summed E-state index contributed by atoms with van der Waals surface area (Å²) in [6.07, 6.45) is 5.57. The van der Waals surface area contributed by atoms with Crippen LogP contribution in [0.2, 0.25) is 0 Å². The summed E-state index contributed by atoms with van der Waals surface area (Å²) in [4.78, 5) is 36.2. The van der Waals surface area contributed by atoms with E-state index in [1.807, 2.05) is 20.8 Å². The Morgan fingerprint density at radius 1 is 1.15 bits per heavy atom. The fourth-order valence-corrected chi connectivity index (χ4v) is 3.40. The predicted octanol–water partition coefficient (Wildman–Crippen LogP) is 3.37. The molecule has 0 atom stereocenters. The minimum atomic E-state index is -1.13. The summed E-state index contributed by atoms with van der Waals surface area (Å²) < 4.78 is 4.86. The molecular formula is C19H32N2O5. The van der Waals surface area contributed by atoms with E-state index in [4.69, 9.17) is 4.74 Å². The number of carbonyl (C=O) groups is 3. The van der Waals surface area contributed by atoms with Crippen LogP contribution in [0.5, 0.6) is 0 Å². The Kier molecular flexibility index (Phi) is 8.75. The van der Waals surface area contributed by atoms with Gasteiger partial charge in [-0.1, -0.05) is 46.5 Å². The van der Waals surface area contributed by atoms with Gasteiger partial charge in [0.05, 0.1) is 12.6 Å². The van der Waals surface area contributed by atoms with E-state index in [-0.39, 0.29) is 18.4 Å². The molecule has 0 aromatic carbocycles. The topological polar surface area (TPSA) is 96.3 Å². The number of carboxylic acids is 1. The fraction of sp³-hybridized carbons (Fsp3) is 0.789. The van der Waals surface area contributed by atoms with Crippen LogP contribution in [0.25, 0.3) is 0 Å². The van der Waals surface area contributed by atoms with E-state index in [2.05, 4.69) is 5.10 Å². The van der Waals surface area contributed by atoms with Crippen LogP contribution in [0, 0.1) is 5.41 Å². The van der Waals surface area contributed by atoms with Gasteiger partial charge >= 0.3 is 11.9 Å². The molecule has 0 aromatic rings. The first-order valence-electron chi connectivity index (χ1n) is 9.53. The molecule has 0 heterocycles. The van der Waals surface area contributed by atoms with Gasteiger partial charge < -0.3 is 9.84 Å². The van der Waals surface area contributed by atoms with Crippen molar-refractivity contribution in [2.45, 2.75) is 85.1 Å². The second-order valence-electron chi connectivity index (χ2n) is 7.40. The zero-order valence-corrected chi connectivity index (χ0v) is 16.4. The summed E-state index contributed by atoms with van der Waals surface area (Å²) in [5.41, 5.74) is -0.709. The normalized spacial score (nSPS) is 16.2. The van der Waals surface area contributed by atoms with Gasteiger partial charge in [-0.05, 0) is 26.2 Å². The Balaban J connectivity index is 3.17. The number of hydrazone groups is 1. The molecule has 7 heteroatoms. The van der Waals surface area contributed by atoms with Crippen molar-refractivity contribution in [1.82, 2.24) is 5.01 Å². The minimum absolute atomic E-state index is 0.0397. The number of rotatable bonds is 9. The average Bonchev–Trinajstić information content (AvgIpc) is 2.55. The first kappa shape index (κ1) is 22.1. The van der Waals surface area contributed by atoms with Crippen LogP contribution in [-0.4, -0.2) is 46.3 Å². The second kappa shape index (κ2) is 10.3. The maximum atomic E-state index is 12.7. The highest BCUT2D eigenvalue weighted by Gasteiger charge is 2.34. The molecular weight excluding hydrogens is 336 g/mol. The molecule has 1 rings (SSSR count). The second-order valence-corrected chi connectivity index (χ2v) is 7.40. The predicted molar refractivity (Wildman–Crippen MR) is 98.7 cm³/mol. The first-order chi connectivity index (χ1) is 12.2. The summed E-state index contributed by atoms with van der Waals surface area (Å²) >= 11 is 0. The zero-order chi connectivity index (χ0) is 19.7. The minimum Gasteiger partial charge on any atom is -0.477 e. The van der Waals surface area contributed by atoms with E-state index in [0.29, 0.717) is 6.42 Å². The largest absolute Gasteiger partial charge is 0.477 e. The smallest absolute Gasteiger partial charge is 0.352 e. The van der Waals surface area contributed by atoms with Crippen molar-refractivity contribution in [1.29, 1.82) is 0 Å². The highest BCUT2D eigenvalue weighted by molar-refractivity contribution is 6.37. The summed E-state index contributed by atoms with van der Waals surface area (Å²) in [6.45, 7) is 7.49.